The first-order valence-corrected chi connectivity index (χ1v) is 4.58. The molecule has 0 radical (unpaired) electrons. The molecular weight excluding hydrogens is 207 g/mol. The fourth-order valence-electron chi connectivity index (χ4n) is 1.24. The van der Waals surface area contributed by atoms with Gasteiger partial charge in [-0.25, -0.2) is 0 Å². The van der Waals surface area contributed by atoms with E-state index >= 15 is 0 Å². The number of nitrogens with zero attached hydrogens (tertiary/aromatic N) is 2. The van der Waals surface area contributed by atoms with Crippen molar-refractivity contribution in [3.63, 3.8) is 0 Å². The topological polar surface area (TPSA) is 26.8 Å². The zero-order valence-electron chi connectivity index (χ0n) is 6.67. The second-order valence-electron chi connectivity index (χ2n) is 2.92. The molecule has 66 valence electrons. The number of benzene rings is 1. The molecule has 1 heterocycles. The van der Waals surface area contributed by atoms with Crippen molar-refractivity contribution in [2.45, 2.75) is 6.04 Å². The highest BCUT2D eigenvalue weighted by Gasteiger charge is 2.34. The number of hydrogen-bond acceptors (Lipinski definition) is 2. The predicted octanol–water partition coefficient (Wildman–Crippen LogP) is 2.71. The quantitative estimate of drug-likeness (QED) is 0.670. The Balaban J connectivity index is 2.28. The van der Waals surface area contributed by atoms with Gasteiger partial charge in [0.15, 0.2) is 0 Å². The van der Waals surface area contributed by atoms with Gasteiger partial charge < -0.3 is 4.90 Å². The smallest absolute Gasteiger partial charge is 0.134 e. The zero-order chi connectivity index (χ0) is 9.42. The van der Waals surface area contributed by atoms with Crippen LogP contribution in [0.1, 0.15) is 0 Å². The minimum atomic E-state index is -0.00506. The van der Waals surface area contributed by atoms with Gasteiger partial charge in [-0.15, -0.1) is 0 Å². The fourth-order valence-corrected chi connectivity index (χ4v) is 1.75. The van der Waals surface area contributed by atoms with Gasteiger partial charge in [0.1, 0.15) is 6.04 Å². The van der Waals surface area contributed by atoms with Crippen LogP contribution in [0.4, 0.5) is 5.69 Å². The summed E-state index contributed by atoms with van der Waals surface area (Å²) in [6.45, 7) is 0.771. The first-order valence-electron chi connectivity index (χ1n) is 3.83. The molecular formula is C9H6Cl2N2. The minimum Gasteiger partial charge on any atom is -0.351 e. The molecule has 1 saturated heterocycles. The summed E-state index contributed by atoms with van der Waals surface area (Å²) < 4.78 is 0. The minimum absolute atomic E-state index is 0.00506. The van der Waals surface area contributed by atoms with Crippen molar-refractivity contribution in [2.24, 2.45) is 0 Å². The molecule has 2 nitrogen and oxygen atoms in total. The Kier molecular flexibility index (Phi) is 2.07. The van der Waals surface area contributed by atoms with Crippen LogP contribution in [0, 0.1) is 11.3 Å². The van der Waals surface area contributed by atoms with E-state index in [0.717, 1.165) is 12.2 Å². The van der Waals surface area contributed by atoms with Crippen molar-refractivity contribution in [3.8, 4) is 6.07 Å². The average Bonchev–Trinajstić information content (AvgIpc) is 2.80. The molecule has 4 heteroatoms. The molecule has 1 fully saturated rings. The van der Waals surface area contributed by atoms with Gasteiger partial charge in [0, 0.05) is 15.7 Å². The van der Waals surface area contributed by atoms with Gasteiger partial charge in [0.25, 0.3) is 0 Å². The van der Waals surface area contributed by atoms with E-state index in [-0.39, 0.29) is 6.04 Å². The molecule has 0 amide bonds. The zero-order valence-corrected chi connectivity index (χ0v) is 8.18. The normalized spacial score (nSPS) is 19.8. The van der Waals surface area contributed by atoms with Crippen molar-refractivity contribution in [1.29, 1.82) is 5.26 Å². The van der Waals surface area contributed by atoms with Gasteiger partial charge in [0.2, 0.25) is 0 Å². The third-order valence-electron chi connectivity index (χ3n) is 1.94. The molecule has 0 spiro atoms. The van der Waals surface area contributed by atoms with Crippen LogP contribution in [0.5, 0.6) is 0 Å². The predicted molar refractivity (Wildman–Crippen MR) is 53.2 cm³/mol. The summed E-state index contributed by atoms with van der Waals surface area (Å²) in [5.41, 5.74) is 0.920. The molecule has 1 aliphatic heterocycles. The molecule has 1 unspecified atom stereocenters. The van der Waals surface area contributed by atoms with Crippen LogP contribution in [0.25, 0.3) is 0 Å². The van der Waals surface area contributed by atoms with E-state index in [1.54, 1.807) is 6.07 Å². The van der Waals surface area contributed by atoms with E-state index in [4.69, 9.17) is 28.5 Å². The molecule has 0 aliphatic carbocycles. The lowest BCUT2D eigenvalue weighted by Crippen LogP contribution is -1.95. The van der Waals surface area contributed by atoms with Crippen molar-refractivity contribution in [1.82, 2.24) is 0 Å². The van der Waals surface area contributed by atoms with E-state index in [0.29, 0.717) is 10.0 Å². The van der Waals surface area contributed by atoms with Gasteiger partial charge in [-0.3, -0.25) is 0 Å². The maximum absolute atomic E-state index is 8.62. The third-order valence-corrected chi connectivity index (χ3v) is 2.38. The fraction of sp³-hybridized carbons (Fsp3) is 0.222. The molecule has 0 bridgehead atoms. The number of rotatable bonds is 1. The molecule has 0 saturated carbocycles. The van der Waals surface area contributed by atoms with Crippen LogP contribution in [-0.2, 0) is 0 Å². The van der Waals surface area contributed by atoms with E-state index in [2.05, 4.69) is 6.07 Å². The van der Waals surface area contributed by atoms with Crippen LogP contribution in [0.15, 0.2) is 18.2 Å². The van der Waals surface area contributed by atoms with Crippen LogP contribution in [-0.4, -0.2) is 12.6 Å². The Hall–Kier alpha value is -0.910. The maximum Gasteiger partial charge on any atom is 0.134 e. The van der Waals surface area contributed by atoms with Crippen LogP contribution in [0.2, 0.25) is 10.0 Å². The monoisotopic (exact) mass is 212 g/mol. The highest BCUT2D eigenvalue weighted by atomic mass is 35.5. The van der Waals surface area contributed by atoms with E-state index in [1.807, 2.05) is 17.0 Å². The molecule has 1 aliphatic rings. The van der Waals surface area contributed by atoms with E-state index in [9.17, 15) is 0 Å². The van der Waals surface area contributed by atoms with Crippen molar-refractivity contribution < 1.29 is 0 Å². The van der Waals surface area contributed by atoms with E-state index < -0.39 is 0 Å². The van der Waals surface area contributed by atoms with Crippen LogP contribution in [0.3, 0.4) is 0 Å². The molecule has 1 aromatic carbocycles. The summed E-state index contributed by atoms with van der Waals surface area (Å²) in [7, 11) is 0. The molecule has 0 aromatic heterocycles. The Morgan fingerprint density at radius 3 is 2.38 bits per heavy atom. The van der Waals surface area contributed by atoms with Crippen molar-refractivity contribution in [2.75, 3.05) is 11.4 Å². The Morgan fingerprint density at radius 1 is 1.31 bits per heavy atom. The van der Waals surface area contributed by atoms with Crippen molar-refractivity contribution >= 4 is 28.9 Å². The molecule has 2 rings (SSSR count). The average molecular weight is 213 g/mol. The lowest BCUT2D eigenvalue weighted by molar-refractivity contribution is 1.26. The summed E-state index contributed by atoms with van der Waals surface area (Å²) in [4.78, 5) is 1.94. The Morgan fingerprint density at radius 2 is 1.92 bits per heavy atom. The summed E-state index contributed by atoms with van der Waals surface area (Å²) in [6.07, 6.45) is 0. The highest BCUT2D eigenvalue weighted by Crippen LogP contribution is 2.32. The Bertz CT molecular complexity index is 363. The van der Waals surface area contributed by atoms with Gasteiger partial charge >= 0.3 is 0 Å². The Labute approximate surface area is 86.3 Å². The number of nitriles is 1. The van der Waals surface area contributed by atoms with Gasteiger partial charge in [-0.1, -0.05) is 23.2 Å². The first kappa shape index (κ1) is 8.68. The second kappa shape index (κ2) is 3.10. The maximum atomic E-state index is 8.62. The highest BCUT2D eigenvalue weighted by molar-refractivity contribution is 6.35. The lowest BCUT2D eigenvalue weighted by atomic mass is 10.3. The SMILES string of the molecule is N#CC1CN1c1cc(Cl)cc(Cl)c1. The molecule has 13 heavy (non-hydrogen) atoms. The van der Waals surface area contributed by atoms with E-state index in [1.165, 1.54) is 0 Å². The second-order valence-corrected chi connectivity index (χ2v) is 3.80. The number of anilines is 1. The first-order chi connectivity index (χ1) is 6.20. The molecule has 0 N–H and O–H groups in total. The van der Waals surface area contributed by atoms with Crippen molar-refractivity contribution in [3.05, 3.63) is 28.2 Å². The number of hydrogen-bond donors (Lipinski definition) is 0. The van der Waals surface area contributed by atoms with Gasteiger partial charge in [0.05, 0.1) is 12.6 Å². The summed E-state index contributed by atoms with van der Waals surface area (Å²) >= 11 is 11.6. The molecule has 1 atom stereocenters. The lowest BCUT2D eigenvalue weighted by Gasteiger charge is -2.03. The largest absolute Gasteiger partial charge is 0.351 e. The summed E-state index contributed by atoms with van der Waals surface area (Å²) in [6, 6.07) is 7.46. The van der Waals surface area contributed by atoms with Gasteiger partial charge in [-0.2, -0.15) is 5.26 Å². The van der Waals surface area contributed by atoms with Gasteiger partial charge in [-0.05, 0) is 18.2 Å². The van der Waals surface area contributed by atoms with Crippen LogP contribution < -0.4 is 4.90 Å². The summed E-state index contributed by atoms with van der Waals surface area (Å²) in [5, 5.41) is 9.82. The summed E-state index contributed by atoms with van der Waals surface area (Å²) in [5.74, 6) is 0. The number of halogens is 2. The van der Waals surface area contributed by atoms with Crippen LogP contribution >= 0.6 is 23.2 Å². The molecule has 1 aromatic rings. The standard InChI is InChI=1S/C9H6Cl2N2/c10-6-1-7(11)3-8(2-6)13-5-9(13)4-12/h1-3,9H,5H2. The third kappa shape index (κ3) is 1.72.